The van der Waals surface area contributed by atoms with Crippen molar-refractivity contribution in [3.63, 3.8) is 0 Å². The van der Waals surface area contributed by atoms with E-state index in [2.05, 4.69) is 15.3 Å². The molecule has 3 heterocycles. The smallest absolute Gasteiger partial charge is 0.271 e. The van der Waals surface area contributed by atoms with E-state index in [9.17, 15) is 9.18 Å². The van der Waals surface area contributed by atoms with Gasteiger partial charge < -0.3 is 9.72 Å². The van der Waals surface area contributed by atoms with Gasteiger partial charge in [-0.15, -0.1) is 0 Å². The molecule has 1 amide bonds. The van der Waals surface area contributed by atoms with Crippen LogP contribution in [-0.4, -0.2) is 26.8 Å². The first-order chi connectivity index (χ1) is 13.6. The van der Waals surface area contributed by atoms with Crippen LogP contribution in [0.5, 0.6) is 0 Å². The quantitative estimate of drug-likeness (QED) is 0.553. The fourth-order valence-electron chi connectivity index (χ4n) is 2.89. The van der Waals surface area contributed by atoms with E-state index in [1.54, 1.807) is 35.0 Å². The minimum Gasteiger partial charge on any atom is -0.350 e. The monoisotopic (exact) mass is 394 g/mol. The molecule has 140 valence electrons. The van der Waals surface area contributed by atoms with Gasteiger partial charge in [0, 0.05) is 37.3 Å². The Labute approximate surface area is 165 Å². The van der Waals surface area contributed by atoms with Gasteiger partial charge in [-0.3, -0.25) is 9.78 Å². The molecule has 28 heavy (non-hydrogen) atoms. The standard InChI is InChI=1S/C21H16ClFN4O/c22-17-11-14(4-6-18(17)23)15-5-7-20-26-19(13-27(20)12-15)21(28)25-10-8-16-3-1-2-9-24-16/h1-7,9,11-13H,8,10H2,(H,25,28). The van der Waals surface area contributed by atoms with Crippen molar-refractivity contribution in [3.05, 3.63) is 89.3 Å². The number of rotatable bonds is 5. The van der Waals surface area contributed by atoms with Gasteiger partial charge in [0.05, 0.1) is 5.02 Å². The molecule has 0 saturated carbocycles. The third-order valence-corrected chi connectivity index (χ3v) is 4.62. The van der Waals surface area contributed by atoms with Crippen LogP contribution in [0.25, 0.3) is 16.8 Å². The van der Waals surface area contributed by atoms with Gasteiger partial charge in [-0.1, -0.05) is 23.7 Å². The molecule has 0 aliphatic rings. The Hall–Kier alpha value is -3.25. The molecule has 0 atom stereocenters. The lowest BCUT2D eigenvalue weighted by Gasteiger charge is -2.04. The number of halogens is 2. The first-order valence-corrected chi connectivity index (χ1v) is 9.10. The van der Waals surface area contributed by atoms with E-state index < -0.39 is 5.82 Å². The molecule has 5 nitrogen and oxygen atoms in total. The molecule has 4 rings (SSSR count). The van der Waals surface area contributed by atoms with E-state index in [1.807, 2.05) is 30.5 Å². The summed E-state index contributed by atoms with van der Waals surface area (Å²) < 4.78 is 15.1. The van der Waals surface area contributed by atoms with E-state index in [-0.39, 0.29) is 10.9 Å². The Bertz CT molecular complexity index is 1140. The maximum Gasteiger partial charge on any atom is 0.271 e. The third-order valence-electron chi connectivity index (χ3n) is 4.33. The largest absolute Gasteiger partial charge is 0.350 e. The van der Waals surface area contributed by atoms with Crippen LogP contribution in [0.3, 0.4) is 0 Å². The normalized spacial score (nSPS) is 10.9. The van der Waals surface area contributed by atoms with Crippen molar-refractivity contribution in [3.8, 4) is 11.1 Å². The number of carbonyl (C=O) groups excluding carboxylic acids is 1. The summed E-state index contributed by atoms with van der Waals surface area (Å²) >= 11 is 5.87. The van der Waals surface area contributed by atoms with Crippen molar-refractivity contribution < 1.29 is 9.18 Å². The number of carbonyl (C=O) groups is 1. The van der Waals surface area contributed by atoms with Crippen molar-refractivity contribution in [2.45, 2.75) is 6.42 Å². The fraction of sp³-hybridized carbons (Fsp3) is 0.0952. The lowest BCUT2D eigenvalue weighted by Crippen LogP contribution is -2.26. The molecule has 1 N–H and O–H groups in total. The number of hydrogen-bond acceptors (Lipinski definition) is 3. The number of aromatic nitrogens is 3. The Balaban J connectivity index is 1.49. The van der Waals surface area contributed by atoms with E-state index in [1.165, 1.54) is 6.07 Å². The summed E-state index contributed by atoms with van der Waals surface area (Å²) in [5, 5.41) is 2.92. The van der Waals surface area contributed by atoms with Crippen LogP contribution in [-0.2, 0) is 6.42 Å². The van der Waals surface area contributed by atoms with Gasteiger partial charge in [0.15, 0.2) is 0 Å². The van der Waals surface area contributed by atoms with Crippen molar-refractivity contribution in [2.24, 2.45) is 0 Å². The van der Waals surface area contributed by atoms with Crippen LogP contribution in [0.15, 0.2) is 67.1 Å². The van der Waals surface area contributed by atoms with Gasteiger partial charge in [0.1, 0.15) is 17.2 Å². The molecular formula is C21H16ClFN4O. The number of benzene rings is 1. The van der Waals surface area contributed by atoms with Gasteiger partial charge in [-0.05, 0) is 47.5 Å². The average molecular weight is 395 g/mol. The van der Waals surface area contributed by atoms with Crippen molar-refractivity contribution in [1.82, 2.24) is 19.7 Å². The van der Waals surface area contributed by atoms with Gasteiger partial charge in [-0.2, -0.15) is 0 Å². The van der Waals surface area contributed by atoms with Crippen LogP contribution in [0, 0.1) is 5.82 Å². The summed E-state index contributed by atoms with van der Waals surface area (Å²) in [7, 11) is 0. The van der Waals surface area contributed by atoms with E-state index in [4.69, 9.17) is 11.6 Å². The van der Waals surface area contributed by atoms with Gasteiger partial charge in [0.2, 0.25) is 0 Å². The zero-order chi connectivity index (χ0) is 19.5. The number of imidazole rings is 1. The van der Waals surface area contributed by atoms with E-state index in [0.29, 0.717) is 24.3 Å². The highest BCUT2D eigenvalue weighted by atomic mass is 35.5. The van der Waals surface area contributed by atoms with Crippen LogP contribution < -0.4 is 5.32 Å². The van der Waals surface area contributed by atoms with Gasteiger partial charge in [0.25, 0.3) is 5.91 Å². The molecule has 1 aromatic carbocycles. The molecule has 0 aliphatic carbocycles. The van der Waals surface area contributed by atoms with Crippen LogP contribution in [0.1, 0.15) is 16.2 Å². The summed E-state index contributed by atoms with van der Waals surface area (Å²) in [6.07, 6.45) is 5.87. The second kappa shape index (κ2) is 7.78. The minimum atomic E-state index is -0.459. The summed E-state index contributed by atoms with van der Waals surface area (Å²) in [6, 6.07) is 13.9. The Morgan fingerprint density at radius 2 is 1.96 bits per heavy atom. The van der Waals surface area contributed by atoms with E-state index >= 15 is 0 Å². The molecule has 0 fully saturated rings. The summed E-state index contributed by atoms with van der Waals surface area (Å²) in [6.45, 7) is 0.475. The highest BCUT2D eigenvalue weighted by molar-refractivity contribution is 6.31. The number of amides is 1. The maximum atomic E-state index is 13.4. The topological polar surface area (TPSA) is 59.3 Å². The lowest BCUT2D eigenvalue weighted by molar-refractivity contribution is 0.0949. The molecule has 3 aromatic heterocycles. The molecule has 4 aromatic rings. The van der Waals surface area contributed by atoms with Crippen molar-refractivity contribution >= 4 is 23.2 Å². The van der Waals surface area contributed by atoms with Crippen molar-refractivity contribution in [1.29, 1.82) is 0 Å². The molecule has 0 aliphatic heterocycles. The Morgan fingerprint density at radius 3 is 2.75 bits per heavy atom. The third kappa shape index (κ3) is 3.87. The zero-order valence-corrected chi connectivity index (χ0v) is 15.5. The summed E-state index contributed by atoms with van der Waals surface area (Å²) in [4.78, 5) is 21.0. The Morgan fingerprint density at radius 1 is 1.11 bits per heavy atom. The van der Waals surface area contributed by atoms with Gasteiger partial charge in [-0.25, -0.2) is 9.37 Å². The number of nitrogens with one attached hydrogen (secondary N) is 1. The SMILES string of the molecule is O=C(NCCc1ccccn1)c1cn2cc(-c3ccc(F)c(Cl)c3)ccc2n1. The van der Waals surface area contributed by atoms with Crippen LogP contribution in [0.4, 0.5) is 4.39 Å². The average Bonchev–Trinajstić information content (AvgIpc) is 3.14. The molecule has 0 unspecified atom stereocenters. The highest BCUT2D eigenvalue weighted by Gasteiger charge is 2.11. The lowest BCUT2D eigenvalue weighted by atomic mass is 10.1. The maximum absolute atomic E-state index is 13.4. The van der Waals surface area contributed by atoms with Crippen LogP contribution >= 0.6 is 11.6 Å². The molecular weight excluding hydrogens is 379 g/mol. The molecule has 0 saturated heterocycles. The fourth-order valence-corrected chi connectivity index (χ4v) is 3.07. The minimum absolute atomic E-state index is 0.0659. The highest BCUT2D eigenvalue weighted by Crippen LogP contribution is 2.25. The second-order valence-electron chi connectivity index (χ2n) is 6.27. The van der Waals surface area contributed by atoms with E-state index in [0.717, 1.165) is 16.8 Å². The first kappa shape index (κ1) is 18.1. The summed E-state index contributed by atoms with van der Waals surface area (Å²) in [5.74, 6) is -0.704. The number of pyridine rings is 2. The Kier molecular flexibility index (Phi) is 5.04. The number of nitrogens with zero attached hydrogens (tertiary/aromatic N) is 3. The van der Waals surface area contributed by atoms with Crippen molar-refractivity contribution in [2.75, 3.05) is 6.54 Å². The van der Waals surface area contributed by atoms with Crippen LogP contribution in [0.2, 0.25) is 5.02 Å². The predicted octanol–water partition coefficient (Wildman–Crippen LogP) is 4.16. The second-order valence-corrected chi connectivity index (χ2v) is 6.67. The zero-order valence-electron chi connectivity index (χ0n) is 14.8. The molecule has 0 radical (unpaired) electrons. The molecule has 0 bridgehead atoms. The first-order valence-electron chi connectivity index (χ1n) is 8.72. The predicted molar refractivity (Wildman–Crippen MR) is 106 cm³/mol. The number of hydrogen-bond donors (Lipinski definition) is 1. The van der Waals surface area contributed by atoms with Gasteiger partial charge >= 0.3 is 0 Å². The summed E-state index contributed by atoms with van der Waals surface area (Å²) in [5.41, 5.74) is 3.51. The number of fused-ring (bicyclic) bond motifs is 1. The molecule has 7 heteroatoms. The molecule has 0 spiro atoms.